The molecule has 0 saturated heterocycles. The van der Waals surface area contributed by atoms with Crippen LogP contribution in [0.15, 0.2) is 24.3 Å². The van der Waals surface area contributed by atoms with Gasteiger partial charge in [-0.3, -0.25) is 4.79 Å². The Hall–Kier alpha value is -1.62. The summed E-state index contributed by atoms with van der Waals surface area (Å²) in [7, 11) is 0. The highest BCUT2D eigenvalue weighted by Gasteiger charge is 2.14. The van der Waals surface area contributed by atoms with Crippen LogP contribution in [0.3, 0.4) is 0 Å². The van der Waals surface area contributed by atoms with Crippen molar-refractivity contribution < 1.29 is 9.53 Å². The van der Waals surface area contributed by atoms with Gasteiger partial charge >= 0.3 is 0 Å². The maximum Gasteiger partial charge on any atom is 0.252 e. The Bertz CT molecular complexity index is 421. The highest BCUT2D eigenvalue weighted by atomic mass is 32.1. The van der Waals surface area contributed by atoms with E-state index in [0.717, 1.165) is 6.42 Å². The van der Waals surface area contributed by atoms with Gasteiger partial charge in [0.15, 0.2) is 0 Å². The summed E-state index contributed by atoms with van der Waals surface area (Å²) < 4.78 is 5.70. The molecule has 5 heteroatoms. The van der Waals surface area contributed by atoms with Crippen LogP contribution in [0.25, 0.3) is 0 Å². The summed E-state index contributed by atoms with van der Waals surface area (Å²) in [5.74, 6) is -0.0334. The molecule has 0 bridgehead atoms. The summed E-state index contributed by atoms with van der Waals surface area (Å²) in [5, 5.41) is 0. The number of primary amides is 1. The van der Waals surface area contributed by atoms with Crippen LogP contribution in [0, 0.1) is 0 Å². The summed E-state index contributed by atoms with van der Waals surface area (Å²) in [6.45, 7) is 1.97. The van der Waals surface area contributed by atoms with Crippen LogP contribution in [0.1, 0.15) is 30.1 Å². The molecule has 1 rings (SSSR count). The number of carbonyl (C=O) groups is 1. The average Bonchev–Trinajstić information content (AvgIpc) is 2.28. The Kier molecular flexibility index (Phi) is 4.90. The first-order chi connectivity index (χ1) is 8.04. The number of para-hydroxylation sites is 1. The highest BCUT2D eigenvalue weighted by Crippen LogP contribution is 2.20. The zero-order valence-corrected chi connectivity index (χ0v) is 10.5. The van der Waals surface area contributed by atoms with Crippen molar-refractivity contribution in [2.45, 2.75) is 25.9 Å². The van der Waals surface area contributed by atoms with E-state index in [9.17, 15) is 4.79 Å². The quantitative estimate of drug-likeness (QED) is 0.754. The minimum absolute atomic E-state index is 0.131. The Morgan fingerprint density at radius 2 is 2.06 bits per heavy atom. The smallest absolute Gasteiger partial charge is 0.252 e. The molecule has 0 heterocycles. The molecule has 0 saturated carbocycles. The van der Waals surface area contributed by atoms with Crippen molar-refractivity contribution in [2.24, 2.45) is 11.5 Å². The summed E-state index contributed by atoms with van der Waals surface area (Å²) in [6.07, 6.45) is 1.11. The van der Waals surface area contributed by atoms with E-state index in [4.69, 9.17) is 28.4 Å². The van der Waals surface area contributed by atoms with Crippen LogP contribution in [0.4, 0.5) is 0 Å². The lowest BCUT2D eigenvalue weighted by Gasteiger charge is -2.18. The third-order valence-corrected chi connectivity index (χ3v) is 2.50. The summed E-state index contributed by atoms with van der Waals surface area (Å²) in [6, 6.07) is 6.87. The van der Waals surface area contributed by atoms with Crippen molar-refractivity contribution >= 4 is 23.1 Å². The third-order valence-electron chi connectivity index (χ3n) is 2.33. The molecule has 0 fully saturated rings. The molecular formula is C12H16N2O2S. The van der Waals surface area contributed by atoms with Crippen molar-refractivity contribution in [3.8, 4) is 5.75 Å². The van der Waals surface area contributed by atoms with Crippen LogP contribution in [0.2, 0.25) is 0 Å². The zero-order chi connectivity index (χ0) is 12.8. The first-order valence-corrected chi connectivity index (χ1v) is 5.79. The predicted octanol–water partition coefficient (Wildman–Crippen LogP) is 1.62. The van der Waals surface area contributed by atoms with Gasteiger partial charge in [-0.1, -0.05) is 31.3 Å². The van der Waals surface area contributed by atoms with E-state index in [1.807, 2.05) is 6.92 Å². The van der Waals surface area contributed by atoms with Gasteiger partial charge in [-0.05, 0) is 18.6 Å². The minimum atomic E-state index is -0.509. The largest absolute Gasteiger partial charge is 0.489 e. The van der Waals surface area contributed by atoms with Gasteiger partial charge < -0.3 is 16.2 Å². The summed E-state index contributed by atoms with van der Waals surface area (Å²) in [4.78, 5) is 11.6. The molecular weight excluding hydrogens is 236 g/mol. The lowest BCUT2D eigenvalue weighted by molar-refractivity contribution is 0.0993. The molecule has 92 valence electrons. The maximum atomic E-state index is 11.2. The fraction of sp³-hybridized carbons (Fsp3) is 0.333. The first-order valence-electron chi connectivity index (χ1n) is 5.38. The van der Waals surface area contributed by atoms with E-state index in [1.54, 1.807) is 24.3 Å². The second kappa shape index (κ2) is 6.20. The number of thiocarbonyl (C=S) groups is 1. The van der Waals surface area contributed by atoms with E-state index in [-0.39, 0.29) is 6.10 Å². The van der Waals surface area contributed by atoms with Crippen molar-refractivity contribution in [1.82, 2.24) is 0 Å². The van der Waals surface area contributed by atoms with Crippen LogP contribution >= 0.6 is 12.2 Å². The van der Waals surface area contributed by atoms with Gasteiger partial charge in [0.2, 0.25) is 0 Å². The van der Waals surface area contributed by atoms with Crippen molar-refractivity contribution in [1.29, 1.82) is 0 Å². The molecule has 1 amide bonds. The molecule has 1 aromatic rings. The number of amides is 1. The van der Waals surface area contributed by atoms with Crippen LogP contribution in [-0.4, -0.2) is 17.0 Å². The fourth-order valence-electron chi connectivity index (χ4n) is 1.45. The molecule has 1 unspecified atom stereocenters. The minimum Gasteiger partial charge on any atom is -0.489 e. The fourth-order valence-corrected chi connectivity index (χ4v) is 1.63. The molecule has 4 nitrogen and oxygen atoms in total. The van der Waals surface area contributed by atoms with Gasteiger partial charge in [0.05, 0.1) is 10.6 Å². The van der Waals surface area contributed by atoms with Gasteiger partial charge in [-0.15, -0.1) is 0 Å². The number of ether oxygens (including phenoxy) is 1. The van der Waals surface area contributed by atoms with E-state index in [1.165, 1.54) is 0 Å². The predicted molar refractivity (Wildman–Crippen MR) is 71.1 cm³/mol. The Morgan fingerprint density at radius 1 is 1.41 bits per heavy atom. The van der Waals surface area contributed by atoms with E-state index >= 15 is 0 Å². The van der Waals surface area contributed by atoms with Gasteiger partial charge in [0, 0.05) is 6.42 Å². The van der Waals surface area contributed by atoms with E-state index in [0.29, 0.717) is 22.7 Å². The number of rotatable bonds is 6. The van der Waals surface area contributed by atoms with E-state index < -0.39 is 5.91 Å². The SMILES string of the molecule is CCC(CC(N)=S)Oc1ccccc1C(N)=O. The molecule has 0 radical (unpaired) electrons. The van der Waals surface area contributed by atoms with Gasteiger partial charge in [-0.25, -0.2) is 0 Å². The highest BCUT2D eigenvalue weighted by molar-refractivity contribution is 7.80. The Morgan fingerprint density at radius 3 is 2.59 bits per heavy atom. The van der Waals surface area contributed by atoms with Crippen molar-refractivity contribution in [2.75, 3.05) is 0 Å². The zero-order valence-electron chi connectivity index (χ0n) is 9.68. The van der Waals surface area contributed by atoms with Gasteiger partial charge in [-0.2, -0.15) is 0 Å². The topological polar surface area (TPSA) is 78.3 Å². The molecule has 0 aliphatic heterocycles. The van der Waals surface area contributed by atoms with Crippen LogP contribution in [-0.2, 0) is 0 Å². The monoisotopic (exact) mass is 252 g/mol. The van der Waals surface area contributed by atoms with Gasteiger partial charge in [0.25, 0.3) is 5.91 Å². The molecule has 1 atom stereocenters. The van der Waals surface area contributed by atoms with Crippen molar-refractivity contribution in [3.63, 3.8) is 0 Å². The van der Waals surface area contributed by atoms with Crippen LogP contribution < -0.4 is 16.2 Å². The molecule has 0 spiro atoms. The summed E-state index contributed by atoms with van der Waals surface area (Å²) >= 11 is 4.84. The molecule has 0 aromatic heterocycles. The lowest BCUT2D eigenvalue weighted by Crippen LogP contribution is -2.24. The Labute approximate surface area is 106 Å². The normalized spacial score (nSPS) is 11.8. The summed E-state index contributed by atoms with van der Waals surface area (Å²) in [5.41, 5.74) is 11.1. The second-order valence-corrected chi connectivity index (χ2v) is 4.20. The number of hydrogen-bond donors (Lipinski definition) is 2. The molecule has 0 aliphatic carbocycles. The molecule has 1 aromatic carbocycles. The number of hydrogen-bond acceptors (Lipinski definition) is 3. The Balaban J connectivity index is 2.85. The van der Waals surface area contributed by atoms with Gasteiger partial charge in [0.1, 0.15) is 11.9 Å². The number of nitrogens with two attached hydrogens (primary N) is 2. The van der Waals surface area contributed by atoms with Crippen LogP contribution in [0.5, 0.6) is 5.75 Å². The first kappa shape index (κ1) is 13.4. The van der Waals surface area contributed by atoms with E-state index in [2.05, 4.69) is 0 Å². The maximum absolute atomic E-state index is 11.2. The molecule has 0 aliphatic rings. The molecule has 4 N–H and O–H groups in total. The average molecular weight is 252 g/mol. The lowest BCUT2D eigenvalue weighted by atomic mass is 10.1. The molecule has 17 heavy (non-hydrogen) atoms. The number of benzene rings is 1. The second-order valence-electron chi connectivity index (χ2n) is 3.68. The number of carbonyl (C=O) groups excluding carboxylic acids is 1. The standard InChI is InChI=1S/C12H16N2O2S/c1-2-8(7-11(13)17)16-10-6-4-3-5-9(10)12(14)15/h3-6,8H,2,7H2,1H3,(H2,13,17)(H2,14,15). The third kappa shape index (κ3) is 4.03. The van der Waals surface area contributed by atoms with Crippen molar-refractivity contribution in [3.05, 3.63) is 29.8 Å².